The van der Waals surface area contributed by atoms with Gasteiger partial charge in [-0.25, -0.2) is 4.39 Å². The maximum Gasteiger partial charge on any atom is 0.230 e. The fourth-order valence-electron chi connectivity index (χ4n) is 0.820. The van der Waals surface area contributed by atoms with Gasteiger partial charge in [-0.3, -0.25) is 0 Å². The highest BCUT2D eigenvalue weighted by atomic mass is 19.1. The molecule has 0 aromatic carbocycles. The molecule has 0 radical (unpaired) electrons. The molecule has 5 atom stereocenters. The third-order valence-corrected chi connectivity index (χ3v) is 1.53. The highest BCUT2D eigenvalue weighted by Gasteiger charge is 2.43. The number of halogens is 1. The van der Waals surface area contributed by atoms with E-state index in [1.165, 1.54) is 0 Å². The molecule has 1 rings (SSSR count). The molecule has 1 aliphatic rings. The number of ether oxygens (including phenoxy) is 1. The monoisotopic (exact) mass is 168 g/mol. The van der Waals surface area contributed by atoms with Crippen LogP contribution in [0.15, 0.2) is 0 Å². The zero-order valence-electron chi connectivity index (χ0n) is 5.46. The van der Waals surface area contributed by atoms with Gasteiger partial charge in [0.25, 0.3) is 0 Å². The Morgan fingerprint density at radius 3 is 2.00 bits per heavy atom. The van der Waals surface area contributed by atoms with E-state index < -0.39 is 31.0 Å². The summed E-state index contributed by atoms with van der Waals surface area (Å²) < 4.78 is 16.4. The lowest BCUT2D eigenvalue weighted by atomic mass is 10.1. The molecule has 0 bridgehead atoms. The van der Waals surface area contributed by atoms with E-state index in [1.807, 2.05) is 0 Å². The fraction of sp³-hybridized carbons (Fsp3) is 1.00. The van der Waals surface area contributed by atoms with E-state index in [0.29, 0.717) is 0 Å². The zero-order chi connectivity index (χ0) is 8.59. The number of alkyl halides is 1. The van der Waals surface area contributed by atoms with Gasteiger partial charge in [-0.2, -0.15) is 0 Å². The van der Waals surface area contributed by atoms with Crippen LogP contribution in [0.25, 0.3) is 0 Å². The molecule has 6 heteroatoms. The number of hydrogen-bond donors (Lipinski definition) is 4. The highest BCUT2D eigenvalue weighted by molar-refractivity contribution is 4.83. The molecule has 66 valence electrons. The first-order valence-electron chi connectivity index (χ1n) is 3.06. The second kappa shape index (κ2) is 3.00. The van der Waals surface area contributed by atoms with E-state index in [-0.39, 0.29) is 0 Å². The lowest BCUT2D eigenvalue weighted by molar-refractivity contribution is -0.309. The van der Waals surface area contributed by atoms with Gasteiger partial charge in [0.15, 0.2) is 6.29 Å². The minimum atomic E-state index is -2.16. The molecular formula is C5H9FO5. The minimum Gasteiger partial charge on any atom is -0.387 e. The Balaban J connectivity index is 2.63. The number of rotatable bonds is 0. The smallest absolute Gasteiger partial charge is 0.230 e. The lowest BCUT2D eigenvalue weighted by Crippen LogP contribution is -2.56. The number of aliphatic hydroxyl groups excluding tert-OH is 4. The molecule has 0 amide bonds. The number of hydrogen-bond acceptors (Lipinski definition) is 5. The molecule has 0 spiro atoms. The summed E-state index contributed by atoms with van der Waals surface area (Å²) in [5.41, 5.74) is 0. The SMILES string of the molecule is OC1OC(F)C(O)C(O)C1O. The molecular weight excluding hydrogens is 159 g/mol. The second-order valence-corrected chi connectivity index (χ2v) is 2.35. The predicted octanol–water partition coefficient (Wildman–Crippen LogP) is -2.29. The minimum absolute atomic E-state index is 1.67. The third kappa shape index (κ3) is 1.49. The number of aliphatic hydroxyl groups is 4. The average Bonchev–Trinajstić information content (AvgIpc) is 1.97. The van der Waals surface area contributed by atoms with Gasteiger partial charge in [-0.05, 0) is 0 Å². The van der Waals surface area contributed by atoms with Gasteiger partial charge in [0.05, 0.1) is 0 Å². The Kier molecular flexibility index (Phi) is 2.40. The largest absolute Gasteiger partial charge is 0.387 e. The van der Waals surface area contributed by atoms with Crippen LogP contribution in [-0.2, 0) is 4.74 Å². The molecule has 11 heavy (non-hydrogen) atoms. The lowest BCUT2D eigenvalue weighted by Gasteiger charge is -2.34. The van der Waals surface area contributed by atoms with Gasteiger partial charge in [0, 0.05) is 0 Å². The fourth-order valence-corrected chi connectivity index (χ4v) is 0.820. The van der Waals surface area contributed by atoms with Crippen molar-refractivity contribution >= 4 is 0 Å². The van der Waals surface area contributed by atoms with Crippen molar-refractivity contribution in [3.8, 4) is 0 Å². The Bertz CT molecular complexity index is 129. The molecule has 1 heterocycles. The summed E-state index contributed by atoms with van der Waals surface area (Å²) in [7, 11) is 0. The Morgan fingerprint density at radius 1 is 0.909 bits per heavy atom. The van der Waals surface area contributed by atoms with Crippen LogP contribution >= 0.6 is 0 Å². The van der Waals surface area contributed by atoms with Crippen LogP contribution in [0.3, 0.4) is 0 Å². The van der Waals surface area contributed by atoms with Crippen LogP contribution < -0.4 is 0 Å². The van der Waals surface area contributed by atoms with E-state index in [9.17, 15) is 4.39 Å². The van der Waals surface area contributed by atoms with Crippen LogP contribution in [0.2, 0.25) is 0 Å². The van der Waals surface area contributed by atoms with E-state index >= 15 is 0 Å². The van der Waals surface area contributed by atoms with Gasteiger partial charge in [0.1, 0.15) is 18.3 Å². The van der Waals surface area contributed by atoms with Crippen molar-refractivity contribution in [3.63, 3.8) is 0 Å². The Morgan fingerprint density at radius 2 is 1.45 bits per heavy atom. The van der Waals surface area contributed by atoms with Crippen LogP contribution in [0.1, 0.15) is 0 Å². The molecule has 0 aromatic rings. The van der Waals surface area contributed by atoms with Crippen molar-refractivity contribution in [1.82, 2.24) is 0 Å². The molecule has 5 unspecified atom stereocenters. The summed E-state index contributed by atoms with van der Waals surface area (Å²) in [4.78, 5) is 0. The summed E-state index contributed by atoms with van der Waals surface area (Å²) in [5, 5.41) is 35.0. The quantitative estimate of drug-likeness (QED) is 0.327. The summed E-state index contributed by atoms with van der Waals surface area (Å²) >= 11 is 0. The standard InChI is InChI=1S/C5H9FO5/c6-4-2(8)1(7)3(9)5(10)11-4/h1-5,7-10H. The molecule has 1 saturated heterocycles. The van der Waals surface area contributed by atoms with E-state index in [2.05, 4.69) is 4.74 Å². The normalized spacial score (nSPS) is 52.6. The topological polar surface area (TPSA) is 90.2 Å². The van der Waals surface area contributed by atoms with Gasteiger partial charge in [-0.15, -0.1) is 0 Å². The van der Waals surface area contributed by atoms with Crippen LogP contribution in [0.5, 0.6) is 0 Å². The molecule has 1 fully saturated rings. The first-order valence-corrected chi connectivity index (χ1v) is 3.06. The van der Waals surface area contributed by atoms with E-state index in [4.69, 9.17) is 20.4 Å². The van der Waals surface area contributed by atoms with Crippen molar-refractivity contribution < 1.29 is 29.6 Å². The van der Waals surface area contributed by atoms with Crippen LogP contribution in [0.4, 0.5) is 4.39 Å². The summed E-state index contributed by atoms with van der Waals surface area (Å²) in [6, 6.07) is 0. The van der Waals surface area contributed by atoms with Gasteiger partial charge in [0.2, 0.25) is 6.36 Å². The molecule has 5 nitrogen and oxygen atoms in total. The Labute approximate surface area is 61.6 Å². The van der Waals surface area contributed by atoms with Gasteiger partial charge in [-0.1, -0.05) is 0 Å². The second-order valence-electron chi connectivity index (χ2n) is 2.35. The summed E-state index contributed by atoms with van der Waals surface area (Å²) in [6.45, 7) is 0. The first-order chi connectivity index (χ1) is 5.04. The molecule has 0 aromatic heterocycles. The molecule has 0 saturated carbocycles. The molecule has 4 N–H and O–H groups in total. The van der Waals surface area contributed by atoms with Crippen LogP contribution in [0, 0.1) is 0 Å². The molecule has 0 aliphatic carbocycles. The average molecular weight is 168 g/mol. The van der Waals surface area contributed by atoms with Gasteiger partial charge < -0.3 is 25.2 Å². The van der Waals surface area contributed by atoms with Crippen molar-refractivity contribution in [3.05, 3.63) is 0 Å². The van der Waals surface area contributed by atoms with Crippen molar-refractivity contribution in [2.24, 2.45) is 0 Å². The maximum absolute atomic E-state index is 12.3. The Hall–Kier alpha value is -0.270. The van der Waals surface area contributed by atoms with Crippen molar-refractivity contribution in [1.29, 1.82) is 0 Å². The molecule has 1 aliphatic heterocycles. The van der Waals surface area contributed by atoms with E-state index in [0.717, 1.165) is 0 Å². The maximum atomic E-state index is 12.3. The van der Waals surface area contributed by atoms with Gasteiger partial charge >= 0.3 is 0 Å². The van der Waals surface area contributed by atoms with Crippen LogP contribution in [-0.4, -0.2) is 51.4 Å². The van der Waals surface area contributed by atoms with Crippen molar-refractivity contribution in [2.75, 3.05) is 0 Å². The summed E-state index contributed by atoms with van der Waals surface area (Å²) in [5.74, 6) is 0. The first kappa shape index (κ1) is 8.82. The third-order valence-electron chi connectivity index (χ3n) is 1.53. The zero-order valence-corrected chi connectivity index (χ0v) is 5.46. The van der Waals surface area contributed by atoms with E-state index in [1.54, 1.807) is 0 Å². The predicted molar refractivity (Wildman–Crippen MR) is 30.0 cm³/mol. The van der Waals surface area contributed by atoms with Crippen molar-refractivity contribution in [2.45, 2.75) is 31.0 Å². The summed E-state index contributed by atoms with van der Waals surface area (Å²) in [6.07, 6.45) is -9.15. The highest BCUT2D eigenvalue weighted by Crippen LogP contribution is 2.19.